The Morgan fingerprint density at radius 3 is 2.77 bits per heavy atom. The Balaban J connectivity index is 2.05. The van der Waals surface area contributed by atoms with E-state index >= 15 is 0 Å². The van der Waals surface area contributed by atoms with Crippen LogP contribution in [0.15, 0.2) is 0 Å². The van der Waals surface area contributed by atoms with E-state index in [0.29, 0.717) is 6.04 Å². The Morgan fingerprint density at radius 1 is 1.31 bits per heavy atom. The molecule has 2 aliphatic heterocycles. The number of likely N-dealkylation sites (N-methyl/N-ethyl adjacent to an activating group) is 1. The van der Waals surface area contributed by atoms with E-state index < -0.39 is 0 Å². The van der Waals surface area contributed by atoms with E-state index in [-0.39, 0.29) is 0 Å². The first-order valence-corrected chi connectivity index (χ1v) is 5.20. The van der Waals surface area contributed by atoms with Gasteiger partial charge in [0.05, 0.1) is 13.3 Å². The molecule has 0 radical (unpaired) electrons. The van der Waals surface area contributed by atoms with E-state index in [0.717, 1.165) is 25.3 Å². The zero-order valence-electron chi connectivity index (χ0n) is 8.86. The highest BCUT2D eigenvalue weighted by Gasteiger charge is 2.38. The van der Waals surface area contributed by atoms with Crippen molar-refractivity contribution >= 4 is 0 Å². The molecule has 2 rings (SSSR count). The third-order valence-electron chi connectivity index (χ3n) is 3.25. The summed E-state index contributed by atoms with van der Waals surface area (Å²) in [6.45, 7) is 8.71. The van der Waals surface area contributed by atoms with Gasteiger partial charge in [0.2, 0.25) is 0 Å². The monoisotopic (exact) mass is 184 g/mol. The number of likely N-dealkylation sites (tertiary alicyclic amines) is 1. The Hall–Kier alpha value is -0.120. The summed E-state index contributed by atoms with van der Waals surface area (Å²) >= 11 is 0. The average molecular weight is 184 g/mol. The van der Waals surface area contributed by atoms with Gasteiger partial charge in [-0.3, -0.25) is 4.90 Å². The SMILES string of the molecule is CC(C)N1COCC2CN(C)CC21. The fourth-order valence-electron chi connectivity index (χ4n) is 2.54. The number of hydrogen-bond acceptors (Lipinski definition) is 3. The fourth-order valence-corrected chi connectivity index (χ4v) is 2.54. The molecule has 2 unspecified atom stereocenters. The van der Waals surface area contributed by atoms with Gasteiger partial charge in [-0.2, -0.15) is 0 Å². The first-order chi connectivity index (χ1) is 6.18. The van der Waals surface area contributed by atoms with Gasteiger partial charge in [-0.1, -0.05) is 0 Å². The molecule has 0 aromatic rings. The van der Waals surface area contributed by atoms with Crippen molar-refractivity contribution in [3.05, 3.63) is 0 Å². The Bertz CT molecular complexity index is 184. The van der Waals surface area contributed by atoms with Gasteiger partial charge < -0.3 is 9.64 Å². The molecule has 13 heavy (non-hydrogen) atoms. The summed E-state index contributed by atoms with van der Waals surface area (Å²) in [5.74, 6) is 0.737. The van der Waals surface area contributed by atoms with Crippen molar-refractivity contribution in [2.24, 2.45) is 5.92 Å². The van der Waals surface area contributed by atoms with Crippen LogP contribution in [0.25, 0.3) is 0 Å². The number of rotatable bonds is 1. The second kappa shape index (κ2) is 3.56. The summed E-state index contributed by atoms with van der Waals surface area (Å²) in [4.78, 5) is 4.90. The van der Waals surface area contributed by atoms with Crippen LogP contribution in [0.3, 0.4) is 0 Å². The van der Waals surface area contributed by atoms with Crippen LogP contribution < -0.4 is 0 Å². The molecule has 0 amide bonds. The van der Waals surface area contributed by atoms with Crippen LogP contribution in [0.5, 0.6) is 0 Å². The van der Waals surface area contributed by atoms with Crippen LogP contribution in [0.2, 0.25) is 0 Å². The van der Waals surface area contributed by atoms with Gasteiger partial charge in [0, 0.05) is 31.1 Å². The molecule has 3 nitrogen and oxygen atoms in total. The van der Waals surface area contributed by atoms with Crippen molar-refractivity contribution in [3.8, 4) is 0 Å². The normalized spacial score (nSPS) is 36.9. The van der Waals surface area contributed by atoms with E-state index in [9.17, 15) is 0 Å². The van der Waals surface area contributed by atoms with E-state index in [2.05, 4.69) is 30.7 Å². The highest BCUT2D eigenvalue weighted by Crippen LogP contribution is 2.26. The molecule has 2 aliphatic rings. The predicted molar refractivity (Wildman–Crippen MR) is 52.6 cm³/mol. The Labute approximate surface area is 80.6 Å². The molecule has 0 spiro atoms. The lowest BCUT2D eigenvalue weighted by Gasteiger charge is -2.39. The molecule has 2 atom stereocenters. The molecule has 76 valence electrons. The second-order valence-corrected chi connectivity index (χ2v) is 4.66. The van der Waals surface area contributed by atoms with Crippen molar-refractivity contribution in [1.29, 1.82) is 0 Å². The van der Waals surface area contributed by atoms with Crippen molar-refractivity contribution in [3.63, 3.8) is 0 Å². The summed E-state index contributed by atoms with van der Waals surface area (Å²) in [5, 5.41) is 0. The summed E-state index contributed by atoms with van der Waals surface area (Å²) < 4.78 is 5.60. The van der Waals surface area contributed by atoms with Gasteiger partial charge >= 0.3 is 0 Å². The fraction of sp³-hybridized carbons (Fsp3) is 1.00. The van der Waals surface area contributed by atoms with Crippen LogP contribution in [-0.4, -0.2) is 55.4 Å². The van der Waals surface area contributed by atoms with Crippen molar-refractivity contribution in [1.82, 2.24) is 9.80 Å². The molecule has 0 aromatic carbocycles. The van der Waals surface area contributed by atoms with Crippen molar-refractivity contribution < 1.29 is 4.74 Å². The van der Waals surface area contributed by atoms with Crippen LogP contribution in [-0.2, 0) is 4.74 Å². The topological polar surface area (TPSA) is 15.7 Å². The largest absolute Gasteiger partial charge is 0.366 e. The Kier molecular flexibility index (Phi) is 2.58. The smallest absolute Gasteiger partial charge is 0.0995 e. The van der Waals surface area contributed by atoms with E-state index in [1.807, 2.05) is 0 Å². The molecule has 0 aromatic heterocycles. The molecule has 2 saturated heterocycles. The maximum Gasteiger partial charge on any atom is 0.0995 e. The number of nitrogens with zero attached hydrogens (tertiary/aromatic N) is 2. The lowest BCUT2D eigenvalue weighted by Crippen LogP contribution is -2.50. The van der Waals surface area contributed by atoms with Crippen molar-refractivity contribution in [2.45, 2.75) is 25.9 Å². The second-order valence-electron chi connectivity index (χ2n) is 4.66. The maximum atomic E-state index is 5.60. The highest BCUT2D eigenvalue weighted by atomic mass is 16.5. The summed E-state index contributed by atoms with van der Waals surface area (Å²) in [6.07, 6.45) is 0. The van der Waals surface area contributed by atoms with Gasteiger partial charge in [-0.05, 0) is 20.9 Å². The molecule has 2 fully saturated rings. The van der Waals surface area contributed by atoms with Crippen LogP contribution in [0, 0.1) is 5.92 Å². The molecular weight excluding hydrogens is 164 g/mol. The molecule has 0 saturated carbocycles. The van der Waals surface area contributed by atoms with E-state index in [1.165, 1.54) is 13.1 Å². The molecule has 3 heteroatoms. The summed E-state index contributed by atoms with van der Waals surface area (Å²) in [6, 6.07) is 1.35. The van der Waals surface area contributed by atoms with Gasteiger partial charge in [0.1, 0.15) is 0 Å². The maximum absolute atomic E-state index is 5.60. The molecule has 2 heterocycles. The average Bonchev–Trinajstić information content (AvgIpc) is 2.43. The first-order valence-electron chi connectivity index (χ1n) is 5.20. The Morgan fingerprint density at radius 2 is 2.08 bits per heavy atom. The predicted octanol–water partition coefficient (Wildman–Crippen LogP) is 0.615. The number of fused-ring (bicyclic) bond motifs is 1. The summed E-state index contributed by atoms with van der Waals surface area (Å²) in [5.41, 5.74) is 0. The zero-order chi connectivity index (χ0) is 9.42. The zero-order valence-corrected chi connectivity index (χ0v) is 8.86. The van der Waals surface area contributed by atoms with Gasteiger partial charge in [0.15, 0.2) is 0 Å². The van der Waals surface area contributed by atoms with Gasteiger partial charge in [-0.15, -0.1) is 0 Å². The minimum Gasteiger partial charge on any atom is -0.366 e. The third kappa shape index (κ3) is 1.73. The molecule has 0 aliphatic carbocycles. The van der Waals surface area contributed by atoms with E-state index in [1.54, 1.807) is 0 Å². The number of ether oxygens (including phenoxy) is 1. The molecule has 0 bridgehead atoms. The van der Waals surface area contributed by atoms with Crippen LogP contribution in [0.1, 0.15) is 13.8 Å². The first kappa shape index (κ1) is 9.44. The lowest BCUT2D eigenvalue weighted by molar-refractivity contribution is -0.0812. The summed E-state index contributed by atoms with van der Waals surface area (Å²) in [7, 11) is 2.21. The van der Waals surface area contributed by atoms with Gasteiger partial charge in [0.25, 0.3) is 0 Å². The van der Waals surface area contributed by atoms with Crippen LogP contribution >= 0.6 is 0 Å². The highest BCUT2D eigenvalue weighted by molar-refractivity contribution is 4.91. The number of hydrogen-bond donors (Lipinski definition) is 0. The van der Waals surface area contributed by atoms with Gasteiger partial charge in [-0.25, -0.2) is 0 Å². The van der Waals surface area contributed by atoms with Crippen molar-refractivity contribution in [2.75, 3.05) is 33.5 Å². The minimum absolute atomic E-state index is 0.610. The van der Waals surface area contributed by atoms with Crippen LogP contribution in [0.4, 0.5) is 0 Å². The quantitative estimate of drug-likeness (QED) is 0.594. The lowest BCUT2D eigenvalue weighted by atomic mass is 10.0. The minimum atomic E-state index is 0.610. The third-order valence-corrected chi connectivity index (χ3v) is 3.25. The molecule has 0 N–H and O–H groups in total. The molecular formula is C10H20N2O. The standard InChI is InChI=1S/C10H20N2O/c1-8(2)12-7-13-6-9-4-11(3)5-10(9)12/h8-10H,4-7H2,1-3H3. The van der Waals surface area contributed by atoms with E-state index in [4.69, 9.17) is 4.74 Å².